The van der Waals surface area contributed by atoms with Gasteiger partial charge in [0.2, 0.25) is 0 Å². The lowest BCUT2D eigenvalue weighted by Crippen LogP contribution is -2.39. The largest absolute Gasteiger partial charge is 0.383 e. The minimum absolute atomic E-state index is 0.674. The van der Waals surface area contributed by atoms with Crippen LogP contribution in [0, 0.1) is 13.8 Å². The van der Waals surface area contributed by atoms with E-state index in [1.807, 2.05) is 0 Å². The number of aryl methyl sites for hydroxylation is 1. The summed E-state index contributed by atoms with van der Waals surface area (Å²) in [5.74, 6) is 0.921. The van der Waals surface area contributed by atoms with E-state index in [0.717, 1.165) is 62.8 Å². The number of rotatable bonds is 7. The predicted molar refractivity (Wildman–Crippen MR) is 94.6 cm³/mol. The van der Waals surface area contributed by atoms with Crippen molar-refractivity contribution in [1.82, 2.24) is 19.4 Å². The number of anilines is 1. The molecule has 1 N–H and O–H groups in total. The van der Waals surface area contributed by atoms with Crippen LogP contribution in [0.2, 0.25) is 0 Å². The maximum absolute atomic E-state index is 5.39. The maximum Gasteiger partial charge on any atom is 0.146 e. The fraction of sp³-hybridized carbons (Fsp3) is 0.647. The summed E-state index contributed by atoms with van der Waals surface area (Å²) in [5, 5.41) is 4.61. The van der Waals surface area contributed by atoms with Gasteiger partial charge in [-0.25, -0.2) is 9.97 Å². The van der Waals surface area contributed by atoms with Crippen molar-refractivity contribution in [2.75, 3.05) is 58.4 Å². The molecule has 7 heteroatoms. The summed E-state index contributed by atoms with van der Waals surface area (Å²) >= 11 is 0. The number of methoxy groups -OCH3 is 1. The maximum atomic E-state index is 5.39. The summed E-state index contributed by atoms with van der Waals surface area (Å²) in [5.41, 5.74) is 3.43. The number of nitrogens with one attached hydrogen (secondary N) is 1. The molecule has 7 nitrogen and oxygen atoms in total. The van der Waals surface area contributed by atoms with E-state index < -0.39 is 0 Å². The Labute approximate surface area is 143 Å². The van der Waals surface area contributed by atoms with Gasteiger partial charge in [-0.1, -0.05) is 0 Å². The molecule has 0 amide bonds. The molecule has 0 spiro atoms. The average Bonchev–Trinajstić information content (AvgIpc) is 2.86. The topological polar surface area (TPSA) is 64.4 Å². The molecule has 2 aromatic heterocycles. The number of aromatic nitrogens is 3. The lowest BCUT2D eigenvalue weighted by atomic mass is 10.2. The van der Waals surface area contributed by atoms with Crippen molar-refractivity contribution >= 4 is 16.9 Å². The Kier molecular flexibility index (Phi) is 5.65. The van der Waals surface area contributed by atoms with Gasteiger partial charge in [-0.2, -0.15) is 0 Å². The van der Waals surface area contributed by atoms with Crippen LogP contribution in [0.3, 0.4) is 0 Å². The zero-order valence-electron chi connectivity index (χ0n) is 14.8. The van der Waals surface area contributed by atoms with Crippen LogP contribution < -0.4 is 5.32 Å². The Balaban J connectivity index is 1.75. The molecule has 0 aliphatic carbocycles. The molecule has 0 atom stereocenters. The van der Waals surface area contributed by atoms with Gasteiger partial charge in [0, 0.05) is 45.5 Å². The molecule has 0 bridgehead atoms. The van der Waals surface area contributed by atoms with Crippen LogP contribution in [0.1, 0.15) is 11.3 Å². The van der Waals surface area contributed by atoms with E-state index in [1.54, 1.807) is 13.4 Å². The van der Waals surface area contributed by atoms with Gasteiger partial charge in [-0.3, -0.25) is 4.90 Å². The lowest BCUT2D eigenvalue weighted by molar-refractivity contribution is 0.0398. The summed E-state index contributed by atoms with van der Waals surface area (Å²) in [7, 11) is 1.72. The highest BCUT2D eigenvalue weighted by atomic mass is 16.5. The number of fused-ring (bicyclic) bond motifs is 1. The second-order valence-electron chi connectivity index (χ2n) is 6.16. The predicted octanol–water partition coefficient (Wildman–Crippen LogP) is 1.44. The molecule has 3 rings (SSSR count). The average molecular weight is 333 g/mol. The first-order valence-electron chi connectivity index (χ1n) is 8.55. The van der Waals surface area contributed by atoms with Crippen molar-refractivity contribution in [2.45, 2.75) is 20.4 Å². The van der Waals surface area contributed by atoms with Crippen molar-refractivity contribution in [2.24, 2.45) is 0 Å². The molecule has 1 aliphatic rings. The van der Waals surface area contributed by atoms with Gasteiger partial charge in [-0.05, 0) is 19.4 Å². The minimum atomic E-state index is 0.674. The highest BCUT2D eigenvalue weighted by Gasteiger charge is 2.16. The standard InChI is InChI=1S/C17H27N5O2/c1-13-14(2)22(8-9-23-3)17-15(13)16(19-12-20-17)18-4-5-21-6-10-24-11-7-21/h12H,4-11H2,1-3H3,(H,18,19,20). The third kappa shape index (κ3) is 3.53. The monoisotopic (exact) mass is 333 g/mol. The third-order valence-corrected chi connectivity index (χ3v) is 4.75. The molecule has 24 heavy (non-hydrogen) atoms. The molecule has 1 saturated heterocycles. The van der Waals surface area contributed by atoms with Crippen molar-refractivity contribution in [1.29, 1.82) is 0 Å². The van der Waals surface area contributed by atoms with Crippen LogP contribution in [-0.4, -0.2) is 72.5 Å². The Bertz CT molecular complexity index is 679. The van der Waals surface area contributed by atoms with E-state index >= 15 is 0 Å². The van der Waals surface area contributed by atoms with E-state index in [-0.39, 0.29) is 0 Å². The zero-order chi connectivity index (χ0) is 16.9. The van der Waals surface area contributed by atoms with Crippen LogP contribution in [0.5, 0.6) is 0 Å². The number of hydrogen-bond donors (Lipinski definition) is 1. The Morgan fingerprint density at radius 2 is 2.00 bits per heavy atom. The molecule has 0 saturated carbocycles. The molecular weight excluding hydrogens is 306 g/mol. The minimum Gasteiger partial charge on any atom is -0.383 e. The SMILES string of the molecule is COCCn1c(C)c(C)c2c(NCCN3CCOCC3)ncnc21. The highest BCUT2D eigenvalue weighted by Crippen LogP contribution is 2.28. The van der Waals surface area contributed by atoms with Crippen LogP contribution >= 0.6 is 0 Å². The molecule has 3 heterocycles. The van der Waals surface area contributed by atoms with Crippen molar-refractivity contribution in [3.63, 3.8) is 0 Å². The fourth-order valence-electron chi connectivity index (χ4n) is 3.22. The third-order valence-electron chi connectivity index (χ3n) is 4.75. The first-order valence-corrected chi connectivity index (χ1v) is 8.55. The Morgan fingerprint density at radius 1 is 1.21 bits per heavy atom. The first kappa shape index (κ1) is 17.1. The molecule has 0 aromatic carbocycles. The molecule has 0 radical (unpaired) electrons. The van der Waals surface area contributed by atoms with Gasteiger partial charge in [0.1, 0.15) is 17.8 Å². The number of ether oxygens (including phenoxy) is 2. The first-order chi connectivity index (χ1) is 11.7. The van der Waals surface area contributed by atoms with E-state index in [1.165, 1.54) is 11.3 Å². The smallest absolute Gasteiger partial charge is 0.146 e. The number of hydrogen-bond acceptors (Lipinski definition) is 6. The summed E-state index contributed by atoms with van der Waals surface area (Å²) in [6, 6.07) is 0. The van der Waals surface area contributed by atoms with Crippen LogP contribution in [0.4, 0.5) is 5.82 Å². The second-order valence-corrected chi connectivity index (χ2v) is 6.16. The Morgan fingerprint density at radius 3 is 2.75 bits per heavy atom. The summed E-state index contributed by atoms with van der Waals surface area (Å²) in [6.45, 7) is 11.3. The van der Waals surface area contributed by atoms with Crippen molar-refractivity contribution in [3.05, 3.63) is 17.6 Å². The molecule has 1 fully saturated rings. The van der Waals surface area contributed by atoms with Gasteiger partial charge in [-0.15, -0.1) is 0 Å². The van der Waals surface area contributed by atoms with Gasteiger partial charge >= 0.3 is 0 Å². The molecule has 0 unspecified atom stereocenters. The van der Waals surface area contributed by atoms with E-state index in [9.17, 15) is 0 Å². The van der Waals surface area contributed by atoms with Crippen LogP contribution in [-0.2, 0) is 16.0 Å². The van der Waals surface area contributed by atoms with Crippen molar-refractivity contribution < 1.29 is 9.47 Å². The summed E-state index contributed by atoms with van der Waals surface area (Å²) < 4.78 is 12.8. The van der Waals surface area contributed by atoms with E-state index in [2.05, 4.69) is 38.6 Å². The van der Waals surface area contributed by atoms with Crippen LogP contribution in [0.25, 0.3) is 11.0 Å². The highest BCUT2D eigenvalue weighted by molar-refractivity contribution is 5.91. The quantitative estimate of drug-likeness (QED) is 0.827. The lowest BCUT2D eigenvalue weighted by Gasteiger charge is -2.26. The van der Waals surface area contributed by atoms with Gasteiger partial charge in [0.15, 0.2) is 0 Å². The molecule has 2 aromatic rings. The number of morpholine rings is 1. The molecule has 1 aliphatic heterocycles. The van der Waals surface area contributed by atoms with Crippen LogP contribution in [0.15, 0.2) is 6.33 Å². The molecular formula is C17H27N5O2. The van der Waals surface area contributed by atoms with Crippen molar-refractivity contribution in [3.8, 4) is 0 Å². The van der Waals surface area contributed by atoms with Gasteiger partial charge < -0.3 is 19.4 Å². The Hall–Kier alpha value is -1.70. The summed E-state index contributed by atoms with van der Waals surface area (Å²) in [4.78, 5) is 11.4. The van der Waals surface area contributed by atoms with E-state index in [4.69, 9.17) is 9.47 Å². The van der Waals surface area contributed by atoms with Gasteiger partial charge in [0.25, 0.3) is 0 Å². The normalized spacial score (nSPS) is 16.0. The van der Waals surface area contributed by atoms with E-state index in [0.29, 0.717) is 6.61 Å². The second kappa shape index (κ2) is 7.92. The fourth-order valence-corrected chi connectivity index (χ4v) is 3.22. The zero-order valence-corrected chi connectivity index (χ0v) is 14.8. The van der Waals surface area contributed by atoms with Gasteiger partial charge in [0.05, 0.1) is 25.2 Å². The number of nitrogens with zero attached hydrogens (tertiary/aromatic N) is 4. The summed E-state index contributed by atoms with van der Waals surface area (Å²) in [6.07, 6.45) is 1.64. The molecule has 132 valence electrons.